The van der Waals surface area contributed by atoms with Gasteiger partial charge in [-0.3, -0.25) is 0 Å². The van der Waals surface area contributed by atoms with E-state index in [9.17, 15) is 26.0 Å². The highest BCUT2D eigenvalue weighted by molar-refractivity contribution is 7.92. The summed E-state index contributed by atoms with van der Waals surface area (Å²) in [4.78, 5) is 0. The van der Waals surface area contributed by atoms with Crippen molar-refractivity contribution >= 4 is 9.84 Å². The molecule has 0 unspecified atom stereocenters. The highest BCUT2D eigenvalue weighted by Crippen LogP contribution is 2.38. The minimum absolute atomic E-state index is 0.125. The molecule has 0 heterocycles. The first kappa shape index (κ1) is 11.7. The predicted octanol–water partition coefficient (Wildman–Crippen LogP) is 1.67. The molecule has 0 aliphatic rings. The van der Waals surface area contributed by atoms with E-state index in [0.717, 1.165) is 6.92 Å². The minimum Gasteiger partial charge on any atom is -0.222 e. The molecule has 0 atom stereocenters. The lowest BCUT2D eigenvalue weighted by Crippen LogP contribution is -2.45. The van der Waals surface area contributed by atoms with Gasteiger partial charge in [-0.15, -0.1) is 0 Å². The first-order valence-corrected chi connectivity index (χ1v) is 4.69. The Bertz CT molecular complexity index is 251. The molecule has 0 aromatic rings. The Hall–Kier alpha value is -0.330. The summed E-state index contributed by atoms with van der Waals surface area (Å²) in [5, 5.41) is -4.98. The van der Waals surface area contributed by atoms with Gasteiger partial charge in [0.05, 0.1) is 5.75 Å². The molecular formula is C5H8F4O2S. The van der Waals surface area contributed by atoms with Crippen molar-refractivity contribution in [2.75, 3.05) is 5.75 Å². The zero-order chi connectivity index (χ0) is 10.2. The highest BCUT2D eigenvalue weighted by Gasteiger charge is 2.61. The second-order valence-corrected chi connectivity index (χ2v) is 4.63. The summed E-state index contributed by atoms with van der Waals surface area (Å²) in [5.74, 6) is -5.55. The highest BCUT2D eigenvalue weighted by atomic mass is 32.2. The average Bonchev–Trinajstić information content (AvgIpc) is 1.85. The molecule has 74 valence electrons. The van der Waals surface area contributed by atoms with Crippen LogP contribution in [0.4, 0.5) is 17.6 Å². The van der Waals surface area contributed by atoms with Gasteiger partial charge >= 0.3 is 11.2 Å². The Morgan fingerprint density at radius 3 is 1.58 bits per heavy atom. The van der Waals surface area contributed by atoms with Gasteiger partial charge in [0, 0.05) is 6.92 Å². The smallest absolute Gasteiger partial charge is 0.222 e. The Morgan fingerprint density at radius 2 is 1.50 bits per heavy atom. The van der Waals surface area contributed by atoms with Gasteiger partial charge in [0.15, 0.2) is 0 Å². The molecule has 0 N–H and O–H groups in total. The van der Waals surface area contributed by atoms with Gasteiger partial charge in [-0.25, -0.2) is 8.42 Å². The molecule has 0 fully saturated rings. The Kier molecular flexibility index (Phi) is 2.78. The van der Waals surface area contributed by atoms with Gasteiger partial charge in [-0.05, 0) is 0 Å². The summed E-state index contributed by atoms with van der Waals surface area (Å²) in [6, 6.07) is 0. The predicted molar refractivity (Wildman–Crippen MR) is 35.0 cm³/mol. The van der Waals surface area contributed by atoms with Crippen molar-refractivity contribution in [1.29, 1.82) is 0 Å². The lowest BCUT2D eigenvalue weighted by Gasteiger charge is -2.21. The molecule has 0 aliphatic heterocycles. The van der Waals surface area contributed by atoms with Crippen molar-refractivity contribution in [2.24, 2.45) is 0 Å². The third kappa shape index (κ3) is 1.70. The zero-order valence-corrected chi connectivity index (χ0v) is 7.26. The van der Waals surface area contributed by atoms with Crippen molar-refractivity contribution in [3.8, 4) is 0 Å². The van der Waals surface area contributed by atoms with Crippen LogP contribution in [0.1, 0.15) is 13.8 Å². The fraction of sp³-hybridized carbons (Fsp3) is 1.00. The SMILES string of the molecule is CCS(=O)(=O)C(F)(F)C(C)(F)F. The fourth-order valence-electron chi connectivity index (χ4n) is 0.454. The first-order valence-electron chi connectivity index (χ1n) is 3.04. The van der Waals surface area contributed by atoms with Crippen LogP contribution in [0, 0.1) is 0 Å². The lowest BCUT2D eigenvalue weighted by molar-refractivity contribution is -0.143. The van der Waals surface area contributed by atoms with E-state index in [4.69, 9.17) is 0 Å². The quantitative estimate of drug-likeness (QED) is 0.661. The standard InChI is InChI=1S/C5H8F4O2S/c1-3-12(10,11)5(8,9)4(2,6)7/h3H2,1-2H3. The van der Waals surface area contributed by atoms with Gasteiger partial charge in [-0.2, -0.15) is 17.6 Å². The summed E-state index contributed by atoms with van der Waals surface area (Å²) < 4.78 is 69.7. The van der Waals surface area contributed by atoms with Crippen molar-refractivity contribution in [3.63, 3.8) is 0 Å². The third-order valence-electron chi connectivity index (χ3n) is 1.28. The van der Waals surface area contributed by atoms with E-state index >= 15 is 0 Å². The Balaban J connectivity index is 5.14. The van der Waals surface area contributed by atoms with Crippen LogP contribution in [0.25, 0.3) is 0 Å². The van der Waals surface area contributed by atoms with Crippen LogP contribution in [0.2, 0.25) is 0 Å². The second kappa shape index (κ2) is 2.86. The van der Waals surface area contributed by atoms with E-state index < -0.39 is 26.8 Å². The van der Waals surface area contributed by atoms with Gasteiger partial charge < -0.3 is 0 Å². The summed E-state index contributed by atoms with van der Waals surface area (Å²) in [6.45, 7) is 0.759. The maximum atomic E-state index is 12.4. The van der Waals surface area contributed by atoms with E-state index in [1.165, 1.54) is 0 Å². The second-order valence-electron chi connectivity index (χ2n) is 2.31. The number of hydrogen-bond donors (Lipinski definition) is 0. The molecular weight excluding hydrogens is 200 g/mol. The van der Waals surface area contributed by atoms with E-state index in [-0.39, 0.29) is 6.92 Å². The Labute approximate surface area is 67.5 Å². The van der Waals surface area contributed by atoms with Crippen LogP contribution in [0.3, 0.4) is 0 Å². The zero-order valence-electron chi connectivity index (χ0n) is 6.44. The molecule has 0 rings (SSSR count). The maximum absolute atomic E-state index is 12.4. The summed E-state index contributed by atoms with van der Waals surface area (Å²) >= 11 is 0. The third-order valence-corrected chi connectivity index (χ3v) is 3.18. The van der Waals surface area contributed by atoms with Crippen LogP contribution in [0.5, 0.6) is 0 Å². The molecule has 7 heteroatoms. The van der Waals surface area contributed by atoms with Crippen molar-refractivity contribution < 1.29 is 26.0 Å². The summed E-state index contributed by atoms with van der Waals surface area (Å²) in [6.07, 6.45) is 0. The molecule has 0 saturated heterocycles. The molecule has 0 saturated carbocycles. The molecule has 0 amide bonds. The van der Waals surface area contributed by atoms with Crippen LogP contribution in [-0.4, -0.2) is 25.3 Å². The van der Waals surface area contributed by atoms with Crippen LogP contribution in [-0.2, 0) is 9.84 Å². The van der Waals surface area contributed by atoms with Gasteiger partial charge in [0.2, 0.25) is 9.84 Å². The molecule has 0 aliphatic carbocycles. The lowest BCUT2D eigenvalue weighted by atomic mass is 10.4. The van der Waals surface area contributed by atoms with E-state index in [2.05, 4.69) is 0 Å². The van der Waals surface area contributed by atoms with Gasteiger partial charge in [-0.1, -0.05) is 6.92 Å². The molecule has 0 radical (unpaired) electrons. The fourth-order valence-corrected chi connectivity index (χ4v) is 1.36. The minimum atomic E-state index is -5.04. The van der Waals surface area contributed by atoms with Gasteiger partial charge in [0.1, 0.15) is 0 Å². The number of sulfone groups is 1. The summed E-state index contributed by atoms with van der Waals surface area (Å²) in [7, 11) is -5.04. The molecule has 0 aromatic carbocycles. The van der Waals surface area contributed by atoms with Crippen LogP contribution in [0.15, 0.2) is 0 Å². The number of rotatable bonds is 3. The maximum Gasteiger partial charge on any atom is 0.406 e. The van der Waals surface area contributed by atoms with E-state index in [1.807, 2.05) is 0 Å². The topological polar surface area (TPSA) is 34.1 Å². The average molecular weight is 208 g/mol. The number of alkyl halides is 4. The summed E-state index contributed by atoms with van der Waals surface area (Å²) in [5.41, 5.74) is 0. The number of halogens is 4. The van der Waals surface area contributed by atoms with E-state index in [1.54, 1.807) is 0 Å². The molecule has 0 bridgehead atoms. The van der Waals surface area contributed by atoms with Crippen molar-refractivity contribution in [3.05, 3.63) is 0 Å². The van der Waals surface area contributed by atoms with Crippen LogP contribution >= 0.6 is 0 Å². The van der Waals surface area contributed by atoms with Crippen molar-refractivity contribution in [2.45, 2.75) is 25.0 Å². The molecule has 2 nitrogen and oxygen atoms in total. The molecule has 0 spiro atoms. The van der Waals surface area contributed by atoms with Gasteiger partial charge in [0.25, 0.3) is 0 Å². The molecule has 0 aromatic heterocycles. The largest absolute Gasteiger partial charge is 0.406 e. The Morgan fingerprint density at radius 1 is 1.17 bits per heavy atom. The monoisotopic (exact) mass is 208 g/mol. The molecule has 12 heavy (non-hydrogen) atoms. The normalized spacial score (nSPS) is 14.8. The number of hydrogen-bond acceptors (Lipinski definition) is 2. The van der Waals surface area contributed by atoms with E-state index in [0.29, 0.717) is 0 Å². The van der Waals surface area contributed by atoms with Crippen molar-refractivity contribution in [1.82, 2.24) is 0 Å². The first-order chi connectivity index (χ1) is 5.06. The van der Waals surface area contributed by atoms with Crippen LogP contribution < -0.4 is 0 Å².